The fourth-order valence-corrected chi connectivity index (χ4v) is 3.13. The molecule has 2 aromatic carbocycles. The molecule has 100 valence electrons. The number of benzene rings is 2. The summed E-state index contributed by atoms with van der Waals surface area (Å²) in [6.45, 7) is 0. The first-order valence-electron chi connectivity index (χ1n) is 5.97. The predicted octanol–water partition coefficient (Wildman–Crippen LogP) is 4.70. The molecule has 0 aliphatic rings. The van der Waals surface area contributed by atoms with Gasteiger partial charge in [-0.1, -0.05) is 40.2 Å². The van der Waals surface area contributed by atoms with Crippen LogP contribution in [0.1, 0.15) is 17.2 Å². The molecule has 1 nitrogen and oxygen atoms in total. The lowest BCUT2D eigenvalue weighted by molar-refractivity contribution is 0.552. The van der Waals surface area contributed by atoms with Gasteiger partial charge in [-0.05, 0) is 65.4 Å². The van der Waals surface area contributed by atoms with Crippen LogP contribution in [0.2, 0.25) is 0 Å². The van der Waals surface area contributed by atoms with Crippen LogP contribution in [-0.2, 0) is 6.42 Å². The van der Waals surface area contributed by atoms with Gasteiger partial charge in [-0.3, -0.25) is 0 Å². The molecule has 2 aromatic rings. The van der Waals surface area contributed by atoms with E-state index in [0.717, 1.165) is 10.0 Å². The molecule has 0 heterocycles. The van der Waals surface area contributed by atoms with Gasteiger partial charge >= 0.3 is 0 Å². The van der Waals surface area contributed by atoms with Crippen molar-refractivity contribution in [3.63, 3.8) is 0 Å². The maximum atomic E-state index is 13.9. The molecule has 0 amide bonds. The number of hydrogen-bond acceptors (Lipinski definition) is 1. The van der Waals surface area contributed by atoms with Crippen LogP contribution >= 0.6 is 38.5 Å². The summed E-state index contributed by atoms with van der Waals surface area (Å²) in [5, 5.41) is 3.27. The summed E-state index contributed by atoms with van der Waals surface area (Å²) < 4.78 is 15.9. The smallest absolute Gasteiger partial charge is 0.127 e. The fourth-order valence-electron chi connectivity index (χ4n) is 2.03. The molecule has 0 saturated carbocycles. The fraction of sp³-hybridized carbons (Fsp3) is 0.200. The van der Waals surface area contributed by atoms with Crippen molar-refractivity contribution in [1.29, 1.82) is 0 Å². The van der Waals surface area contributed by atoms with Crippen LogP contribution in [0, 0.1) is 9.39 Å². The number of likely N-dealkylation sites (N-methyl/N-ethyl adjacent to an activating group) is 1. The SMILES string of the molecule is CNC(Cc1ccc(Br)cc1F)c1ccccc1I. The summed E-state index contributed by atoms with van der Waals surface area (Å²) in [5.74, 6) is -0.166. The molecule has 0 aromatic heterocycles. The van der Waals surface area contributed by atoms with Gasteiger partial charge in [0.25, 0.3) is 0 Å². The summed E-state index contributed by atoms with van der Waals surface area (Å²) in [4.78, 5) is 0. The van der Waals surface area contributed by atoms with E-state index in [2.05, 4.69) is 56.0 Å². The minimum Gasteiger partial charge on any atom is -0.313 e. The lowest BCUT2D eigenvalue weighted by Gasteiger charge is -2.18. The lowest BCUT2D eigenvalue weighted by Crippen LogP contribution is -2.20. The van der Waals surface area contributed by atoms with E-state index in [1.54, 1.807) is 0 Å². The highest BCUT2D eigenvalue weighted by Gasteiger charge is 2.15. The van der Waals surface area contributed by atoms with Gasteiger partial charge in [0.1, 0.15) is 5.82 Å². The van der Waals surface area contributed by atoms with Crippen LogP contribution in [-0.4, -0.2) is 7.05 Å². The molecule has 1 N–H and O–H groups in total. The molecule has 0 bridgehead atoms. The van der Waals surface area contributed by atoms with Gasteiger partial charge in [0.2, 0.25) is 0 Å². The summed E-state index contributed by atoms with van der Waals surface area (Å²) in [7, 11) is 1.91. The molecule has 2 rings (SSSR count). The average Bonchev–Trinajstić information content (AvgIpc) is 2.39. The van der Waals surface area contributed by atoms with E-state index in [4.69, 9.17) is 0 Å². The number of hydrogen-bond donors (Lipinski definition) is 1. The van der Waals surface area contributed by atoms with Crippen molar-refractivity contribution in [2.45, 2.75) is 12.5 Å². The van der Waals surface area contributed by atoms with Crippen molar-refractivity contribution in [3.8, 4) is 0 Å². The summed E-state index contributed by atoms with van der Waals surface area (Å²) in [6.07, 6.45) is 0.635. The first kappa shape index (κ1) is 14.9. The minimum absolute atomic E-state index is 0.115. The third-order valence-corrected chi connectivity index (χ3v) is 4.54. The van der Waals surface area contributed by atoms with E-state index < -0.39 is 0 Å². The Morgan fingerprint density at radius 3 is 2.63 bits per heavy atom. The highest BCUT2D eigenvalue weighted by molar-refractivity contribution is 14.1. The topological polar surface area (TPSA) is 12.0 Å². The molecule has 0 radical (unpaired) electrons. The third-order valence-electron chi connectivity index (χ3n) is 3.07. The van der Waals surface area contributed by atoms with Crippen molar-refractivity contribution >= 4 is 38.5 Å². The van der Waals surface area contributed by atoms with Gasteiger partial charge in [-0.2, -0.15) is 0 Å². The molecule has 0 spiro atoms. The van der Waals surface area contributed by atoms with Gasteiger partial charge in [0, 0.05) is 14.1 Å². The Morgan fingerprint density at radius 1 is 1.26 bits per heavy atom. The van der Waals surface area contributed by atoms with Crippen LogP contribution in [0.25, 0.3) is 0 Å². The standard InChI is InChI=1S/C15H14BrFIN/c1-19-15(12-4-2-3-5-14(12)18)8-10-6-7-11(16)9-13(10)17/h2-7,9,15,19H,8H2,1H3. The predicted molar refractivity (Wildman–Crippen MR) is 88.8 cm³/mol. The second kappa shape index (κ2) is 6.81. The minimum atomic E-state index is -0.166. The van der Waals surface area contributed by atoms with Crippen molar-refractivity contribution in [2.24, 2.45) is 0 Å². The number of rotatable bonds is 4. The van der Waals surface area contributed by atoms with E-state index in [-0.39, 0.29) is 11.9 Å². The first-order valence-corrected chi connectivity index (χ1v) is 7.84. The van der Waals surface area contributed by atoms with Crippen LogP contribution in [0.3, 0.4) is 0 Å². The molecule has 0 saturated heterocycles. The molecule has 1 atom stereocenters. The molecule has 19 heavy (non-hydrogen) atoms. The molecule has 4 heteroatoms. The highest BCUT2D eigenvalue weighted by atomic mass is 127. The van der Waals surface area contributed by atoms with Gasteiger partial charge in [-0.15, -0.1) is 0 Å². The summed E-state index contributed by atoms with van der Waals surface area (Å²) >= 11 is 5.59. The zero-order chi connectivity index (χ0) is 13.8. The molecule has 0 fully saturated rings. The van der Waals surface area contributed by atoms with Crippen LogP contribution in [0.4, 0.5) is 4.39 Å². The molecular weight excluding hydrogens is 420 g/mol. The van der Waals surface area contributed by atoms with Crippen LogP contribution in [0.5, 0.6) is 0 Å². The average molecular weight is 434 g/mol. The molecule has 0 aliphatic carbocycles. The van der Waals surface area contributed by atoms with E-state index in [0.29, 0.717) is 6.42 Å². The van der Waals surface area contributed by atoms with E-state index in [1.807, 2.05) is 31.3 Å². The van der Waals surface area contributed by atoms with Crippen LogP contribution < -0.4 is 5.32 Å². The highest BCUT2D eigenvalue weighted by Crippen LogP contribution is 2.25. The van der Waals surface area contributed by atoms with Crippen molar-refractivity contribution in [1.82, 2.24) is 5.32 Å². The zero-order valence-corrected chi connectivity index (χ0v) is 14.2. The maximum Gasteiger partial charge on any atom is 0.127 e. The Morgan fingerprint density at radius 2 is 2.00 bits per heavy atom. The zero-order valence-electron chi connectivity index (χ0n) is 10.5. The molecular formula is C15H14BrFIN. The Labute approximate surface area is 134 Å². The van der Waals surface area contributed by atoms with Crippen molar-refractivity contribution in [2.75, 3.05) is 7.05 Å². The maximum absolute atomic E-state index is 13.9. The Hall–Kier alpha value is -0.460. The second-order valence-corrected chi connectivity index (χ2v) is 6.38. The van der Waals surface area contributed by atoms with E-state index in [9.17, 15) is 4.39 Å². The normalized spacial score (nSPS) is 12.4. The van der Waals surface area contributed by atoms with E-state index >= 15 is 0 Å². The monoisotopic (exact) mass is 433 g/mol. The van der Waals surface area contributed by atoms with Crippen molar-refractivity contribution < 1.29 is 4.39 Å². The van der Waals surface area contributed by atoms with Crippen LogP contribution in [0.15, 0.2) is 46.9 Å². The first-order chi connectivity index (χ1) is 9.11. The van der Waals surface area contributed by atoms with Gasteiger partial charge in [0.15, 0.2) is 0 Å². The Bertz CT molecular complexity index is 574. The third kappa shape index (κ3) is 3.77. The number of halogens is 3. The van der Waals surface area contributed by atoms with E-state index in [1.165, 1.54) is 15.2 Å². The van der Waals surface area contributed by atoms with Gasteiger partial charge < -0.3 is 5.32 Å². The van der Waals surface area contributed by atoms with Gasteiger partial charge in [-0.25, -0.2) is 4.39 Å². The lowest BCUT2D eigenvalue weighted by atomic mass is 9.99. The summed E-state index contributed by atoms with van der Waals surface area (Å²) in [5.41, 5.74) is 1.93. The Kier molecular flexibility index (Phi) is 5.36. The van der Waals surface area contributed by atoms with Gasteiger partial charge in [0.05, 0.1) is 0 Å². The quantitative estimate of drug-likeness (QED) is 0.689. The largest absolute Gasteiger partial charge is 0.313 e. The Balaban J connectivity index is 2.27. The van der Waals surface area contributed by atoms with Crippen molar-refractivity contribution in [3.05, 3.63) is 67.5 Å². The molecule has 0 aliphatic heterocycles. The molecule has 1 unspecified atom stereocenters. The summed E-state index contributed by atoms with van der Waals surface area (Å²) in [6, 6.07) is 13.5. The number of nitrogens with one attached hydrogen (secondary N) is 1. The second-order valence-electron chi connectivity index (χ2n) is 4.30.